The molecule has 1 unspecified atom stereocenters. The average Bonchev–Trinajstić information content (AvgIpc) is 3.48. The molecule has 0 amide bonds. The summed E-state index contributed by atoms with van der Waals surface area (Å²) in [5.41, 5.74) is 8.34. The van der Waals surface area contributed by atoms with Crippen LogP contribution in [0.5, 0.6) is 5.75 Å². The van der Waals surface area contributed by atoms with Gasteiger partial charge in [0, 0.05) is 49.1 Å². The first-order chi connectivity index (χ1) is 22.7. The number of carbonyl (C=O) groups is 1. The van der Waals surface area contributed by atoms with Gasteiger partial charge in [0.25, 0.3) is 6.47 Å². The van der Waals surface area contributed by atoms with Crippen LogP contribution in [0.15, 0.2) is 80.2 Å². The number of halogens is 1. The van der Waals surface area contributed by atoms with Crippen LogP contribution in [0.1, 0.15) is 58.1 Å². The highest BCUT2D eigenvalue weighted by Crippen LogP contribution is 2.38. The number of ether oxygens (including phenoxy) is 3. The average molecular weight is 642 g/mol. The maximum atomic E-state index is 14.2. The first-order valence-electron chi connectivity index (χ1n) is 16.4. The molecule has 1 saturated heterocycles. The summed E-state index contributed by atoms with van der Waals surface area (Å²) in [6, 6.07) is 13.0. The van der Waals surface area contributed by atoms with Crippen molar-refractivity contribution in [3.05, 3.63) is 97.1 Å². The Labute approximate surface area is 278 Å². The Morgan fingerprint density at radius 3 is 2.45 bits per heavy atom. The molecule has 4 aromatic rings. The van der Waals surface area contributed by atoms with Crippen molar-refractivity contribution < 1.29 is 23.4 Å². The van der Waals surface area contributed by atoms with E-state index in [1.807, 2.05) is 31.2 Å². The Balaban J connectivity index is 0.000000930. The van der Waals surface area contributed by atoms with E-state index in [1.165, 1.54) is 28.9 Å². The zero-order chi connectivity index (χ0) is 34.0. The third-order valence-corrected chi connectivity index (χ3v) is 8.55. The lowest BCUT2D eigenvalue weighted by molar-refractivity contribution is -0.128. The fourth-order valence-corrected chi connectivity index (χ4v) is 6.05. The SMILES string of the molecule is C=CCOC1(C)CCN(c2c(CC)c(C)cn3cc(-c4cccc(-c5ccc(F)cc5OC(C)CC=C)c4)nc23)CC1.CCOC=O. The zero-order valence-corrected chi connectivity index (χ0v) is 28.4. The topological polar surface area (TPSA) is 65.3 Å². The van der Waals surface area contributed by atoms with Crippen LogP contribution in [-0.4, -0.2) is 53.9 Å². The summed E-state index contributed by atoms with van der Waals surface area (Å²) >= 11 is 0. The number of aromatic nitrogens is 2. The van der Waals surface area contributed by atoms with Gasteiger partial charge >= 0.3 is 0 Å². The van der Waals surface area contributed by atoms with Gasteiger partial charge in [0.05, 0.1) is 36.3 Å². The molecule has 1 aliphatic rings. The number of pyridine rings is 1. The number of hydrogen-bond acceptors (Lipinski definition) is 6. The lowest BCUT2D eigenvalue weighted by Crippen LogP contribution is -2.44. The summed E-state index contributed by atoms with van der Waals surface area (Å²) in [5, 5.41) is 0. The van der Waals surface area contributed by atoms with Crippen molar-refractivity contribution in [3.8, 4) is 28.1 Å². The Morgan fingerprint density at radius 1 is 1.06 bits per heavy atom. The lowest BCUT2D eigenvalue weighted by Gasteiger charge is -2.41. The first-order valence-corrected chi connectivity index (χ1v) is 16.4. The van der Waals surface area contributed by atoms with Crippen LogP contribution in [0, 0.1) is 12.7 Å². The first kappa shape index (κ1) is 35.4. The predicted molar refractivity (Wildman–Crippen MR) is 189 cm³/mol. The van der Waals surface area contributed by atoms with E-state index in [4.69, 9.17) is 14.5 Å². The van der Waals surface area contributed by atoms with Gasteiger partial charge in [-0.1, -0.05) is 37.3 Å². The number of benzene rings is 2. The Hall–Kier alpha value is -4.43. The number of hydrogen-bond donors (Lipinski definition) is 0. The molecule has 5 rings (SSSR count). The minimum atomic E-state index is -0.323. The van der Waals surface area contributed by atoms with Crippen molar-refractivity contribution in [2.75, 3.05) is 31.2 Å². The molecule has 0 saturated carbocycles. The van der Waals surface area contributed by atoms with E-state index in [-0.39, 0.29) is 17.5 Å². The summed E-state index contributed by atoms with van der Waals surface area (Å²) in [7, 11) is 0. The van der Waals surface area contributed by atoms with Crippen molar-refractivity contribution >= 4 is 17.8 Å². The molecule has 0 N–H and O–H groups in total. The molecule has 0 aliphatic carbocycles. The van der Waals surface area contributed by atoms with E-state index in [0.717, 1.165) is 60.4 Å². The predicted octanol–water partition coefficient (Wildman–Crippen LogP) is 8.76. The number of imidazole rings is 1. The highest BCUT2D eigenvalue weighted by atomic mass is 19.1. The maximum absolute atomic E-state index is 14.2. The minimum Gasteiger partial charge on any atom is -0.490 e. The number of nitrogens with zero attached hydrogens (tertiary/aromatic N) is 3. The molecule has 1 aliphatic heterocycles. The molecule has 1 fully saturated rings. The van der Waals surface area contributed by atoms with E-state index in [2.05, 4.69) is 72.5 Å². The van der Waals surface area contributed by atoms with Gasteiger partial charge in [0.2, 0.25) is 0 Å². The van der Waals surface area contributed by atoms with E-state index in [0.29, 0.717) is 31.9 Å². The molecule has 1 atom stereocenters. The fraction of sp³-hybridized carbons (Fsp3) is 0.385. The summed E-state index contributed by atoms with van der Waals surface area (Å²) in [6.07, 6.45) is 11.3. The van der Waals surface area contributed by atoms with Gasteiger partial charge in [-0.25, -0.2) is 9.37 Å². The van der Waals surface area contributed by atoms with Gasteiger partial charge in [0.15, 0.2) is 5.65 Å². The van der Waals surface area contributed by atoms with Gasteiger partial charge in [0.1, 0.15) is 11.6 Å². The minimum absolute atomic E-state index is 0.111. The molecule has 2 aromatic carbocycles. The second-order valence-corrected chi connectivity index (χ2v) is 12.1. The summed E-state index contributed by atoms with van der Waals surface area (Å²) in [6.45, 7) is 21.2. The molecule has 7 nitrogen and oxygen atoms in total. The summed E-state index contributed by atoms with van der Waals surface area (Å²) in [4.78, 5) is 16.9. The second-order valence-electron chi connectivity index (χ2n) is 12.1. The number of piperidine rings is 1. The highest BCUT2D eigenvalue weighted by Gasteiger charge is 2.32. The van der Waals surface area contributed by atoms with Crippen molar-refractivity contribution in [3.63, 3.8) is 0 Å². The molecule has 250 valence electrons. The third-order valence-electron chi connectivity index (χ3n) is 8.55. The van der Waals surface area contributed by atoms with Crippen LogP contribution in [0.4, 0.5) is 10.1 Å². The van der Waals surface area contributed by atoms with Crippen molar-refractivity contribution in [1.29, 1.82) is 0 Å². The van der Waals surface area contributed by atoms with Gasteiger partial charge in [-0.3, -0.25) is 4.79 Å². The van der Waals surface area contributed by atoms with Crippen LogP contribution in [0.2, 0.25) is 0 Å². The molecule has 8 heteroatoms. The van der Waals surface area contributed by atoms with Crippen LogP contribution in [0.25, 0.3) is 28.0 Å². The standard InChI is InChI=1S/C36H42FN3O2.C3H6O2/c1-7-11-26(5)42-33-22-29(37)14-15-31(33)27-12-10-13-28(21-27)32-24-40-23-25(4)30(9-3)34(35(40)38-32)39-18-16-36(6,17-19-39)41-20-8-2;1-2-5-3-4/h7-8,10,12-15,21-24,26H,1-2,9,11,16-20H2,3-6H3;3H,2H2,1H3. The van der Waals surface area contributed by atoms with Crippen LogP contribution >= 0.6 is 0 Å². The van der Waals surface area contributed by atoms with Crippen molar-refractivity contribution in [2.24, 2.45) is 0 Å². The van der Waals surface area contributed by atoms with Crippen molar-refractivity contribution in [1.82, 2.24) is 9.38 Å². The van der Waals surface area contributed by atoms with Crippen LogP contribution in [-0.2, 0) is 20.7 Å². The molecule has 0 bridgehead atoms. The van der Waals surface area contributed by atoms with Crippen LogP contribution in [0.3, 0.4) is 0 Å². The third kappa shape index (κ3) is 8.69. The van der Waals surface area contributed by atoms with Crippen LogP contribution < -0.4 is 9.64 Å². The quantitative estimate of drug-likeness (QED) is 0.107. The molecule has 0 spiro atoms. The molecule has 0 radical (unpaired) electrons. The van der Waals surface area contributed by atoms with Crippen molar-refractivity contribution in [2.45, 2.75) is 72.0 Å². The second kappa shape index (κ2) is 16.4. The summed E-state index contributed by atoms with van der Waals surface area (Å²) < 4.78 is 32.8. The van der Waals surface area contributed by atoms with E-state index >= 15 is 0 Å². The zero-order valence-electron chi connectivity index (χ0n) is 28.4. The Morgan fingerprint density at radius 2 is 1.81 bits per heavy atom. The number of fused-ring (bicyclic) bond motifs is 1. The number of carbonyl (C=O) groups excluding carboxylic acids is 1. The van der Waals surface area contributed by atoms with E-state index in [1.54, 1.807) is 13.0 Å². The number of anilines is 1. The molecule has 2 aromatic heterocycles. The van der Waals surface area contributed by atoms with E-state index < -0.39 is 0 Å². The van der Waals surface area contributed by atoms with Gasteiger partial charge in [-0.05, 0) is 81.8 Å². The summed E-state index contributed by atoms with van der Waals surface area (Å²) in [5.74, 6) is 0.201. The molecule has 3 heterocycles. The molecular formula is C39H48FN3O4. The smallest absolute Gasteiger partial charge is 0.293 e. The Bertz CT molecular complexity index is 1670. The van der Waals surface area contributed by atoms with Gasteiger partial charge in [-0.2, -0.15) is 0 Å². The molecular weight excluding hydrogens is 593 g/mol. The normalized spacial score (nSPS) is 14.6. The van der Waals surface area contributed by atoms with E-state index in [9.17, 15) is 9.18 Å². The highest BCUT2D eigenvalue weighted by molar-refractivity contribution is 5.80. The fourth-order valence-electron chi connectivity index (χ4n) is 6.05. The van der Waals surface area contributed by atoms with Gasteiger partial charge < -0.3 is 23.5 Å². The number of aryl methyl sites for hydroxylation is 1. The monoisotopic (exact) mass is 641 g/mol. The molecule has 47 heavy (non-hydrogen) atoms. The Kier molecular flexibility index (Phi) is 12.4. The lowest BCUT2D eigenvalue weighted by atomic mass is 9.92. The largest absolute Gasteiger partial charge is 0.490 e. The van der Waals surface area contributed by atoms with Gasteiger partial charge in [-0.15, -0.1) is 13.2 Å². The number of rotatable bonds is 13. The maximum Gasteiger partial charge on any atom is 0.293 e.